The van der Waals surface area contributed by atoms with Gasteiger partial charge in [0.2, 0.25) is 5.91 Å². The number of hydrogen-bond acceptors (Lipinski definition) is 6. The number of rotatable bonds is 8. The molecule has 0 atom stereocenters. The van der Waals surface area contributed by atoms with Crippen LogP contribution in [0.5, 0.6) is 5.75 Å². The molecule has 7 nitrogen and oxygen atoms in total. The van der Waals surface area contributed by atoms with Crippen LogP contribution < -0.4 is 5.32 Å². The number of phenols is 1. The van der Waals surface area contributed by atoms with Gasteiger partial charge in [-0.1, -0.05) is 42.1 Å². The average molecular weight is 420 g/mol. The summed E-state index contributed by atoms with van der Waals surface area (Å²) < 4.78 is 7.21. The zero-order chi connectivity index (χ0) is 20.8. The molecule has 0 radical (unpaired) electrons. The molecule has 0 unspecified atom stereocenters. The number of nitrogens with zero attached hydrogens (tertiary/aromatic N) is 3. The van der Waals surface area contributed by atoms with E-state index in [-0.39, 0.29) is 17.4 Å². The van der Waals surface area contributed by atoms with E-state index in [1.165, 1.54) is 11.8 Å². The predicted molar refractivity (Wildman–Crippen MR) is 114 cm³/mol. The van der Waals surface area contributed by atoms with Crippen molar-refractivity contribution in [3.8, 4) is 17.1 Å². The largest absolute Gasteiger partial charge is 0.508 e. The molecule has 0 spiro atoms. The summed E-state index contributed by atoms with van der Waals surface area (Å²) in [5.74, 6) is 1.67. The smallest absolute Gasteiger partial charge is 0.230 e. The molecule has 152 valence electrons. The highest BCUT2D eigenvalue weighted by molar-refractivity contribution is 7.99. The third-order valence-corrected chi connectivity index (χ3v) is 5.36. The lowest BCUT2D eigenvalue weighted by Gasteiger charge is -2.11. The van der Waals surface area contributed by atoms with Crippen LogP contribution in [0.3, 0.4) is 0 Å². The van der Waals surface area contributed by atoms with Gasteiger partial charge in [-0.15, -0.1) is 10.2 Å². The van der Waals surface area contributed by atoms with Gasteiger partial charge in [0.25, 0.3) is 0 Å². The molecule has 30 heavy (non-hydrogen) atoms. The molecule has 0 saturated carbocycles. The predicted octanol–water partition coefficient (Wildman–Crippen LogP) is 3.70. The minimum absolute atomic E-state index is 0.114. The SMILES string of the molecule is O=C(CSc1nnc(-c2ccc(O)cc2)n1Cc1ccccc1)NCc1ccco1. The summed E-state index contributed by atoms with van der Waals surface area (Å²) >= 11 is 1.33. The molecule has 8 heteroatoms. The van der Waals surface area contributed by atoms with E-state index in [0.29, 0.717) is 29.8 Å². The average Bonchev–Trinajstić information content (AvgIpc) is 3.42. The molecule has 0 aliphatic carbocycles. The van der Waals surface area contributed by atoms with E-state index < -0.39 is 0 Å². The second-order valence-electron chi connectivity index (χ2n) is 6.57. The summed E-state index contributed by atoms with van der Waals surface area (Å²) in [6, 6.07) is 20.4. The molecule has 2 aromatic heterocycles. The van der Waals surface area contributed by atoms with Crippen molar-refractivity contribution in [3.05, 3.63) is 84.3 Å². The maximum Gasteiger partial charge on any atom is 0.230 e. The van der Waals surface area contributed by atoms with Crippen molar-refractivity contribution < 1.29 is 14.3 Å². The number of thioether (sulfide) groups is 1. The maximum absolute atomic E-state index is 12.2. The fourth-order valence-electron chi connectivity index (χ4n) is 2.91. The van der Waals surface area contributed by atoms with E-state index in [4.69, 9.17) is 4.42 Å². The van der Waals surface area contributed by atoms with Crippen LogP contribution in [0, 0.1) is 0 Å². The summed E-state index contributed by atoms with van der Waals surface area (Å²) in [5.41, 5.74) is 1.94. The molecule has 2 aromatic carbocycles. The number of phenolic OH excluding ortho intramolecular Hbond substituents is 1. The molecular weight excluding hydrogens is 400 g/mol. The van der Waals surface area contributed by atoms with Gasteiger partial charge in [0.1, 0.15) is 11.5 Å². The van der Waals surface area contributed by atoms with Gasteiger partial charge < -0.3 is 14.8 Å². The summed E-state index contributed by atoms with van der Waals surface area (Å²) in [6.07, 6.45) is 1.58. The van der Waals surface area contributed by atoms with Gasteiger partial charge in [-0.25, -0.2) is 0 Å². The van der Waals surface area contributed by atoms with E-state index in [1.54, 1.807) is 36.6 Å². The Morgan fingerprint density at radius 2 is 1.83 bits per heavy atom. The van der Waals surface area contributed by atoms with Crippen molar-refractivity contribution in [2.24, 2.45) is 0 Å². The van der Waals surface area contributed by atoms with Crippen molar-refractivity contribution in [2.45, 2.75) is 18.2 Å². The Balaban J connectivity index is 1.51. The Kier molecular flexibility index (Phi) is 6.14. The minimum Gasteiger partial charge on any atom is -0.508 e. The lowest BCUT2D eigenvalue weighted by atomic mass is 10.2. The number of benzene rings is 2. The zero-order valence-corrected chi connectivity index (χ0v) is 16.9. The molecular formula is C22H20N4O3S. The highest BCUT2D eigenvalue weighted by atomic mass is 32.2. The number of aromatic nitrogens is 3. The first-order valence-corrected chi connectivity index (χ1v) is 10.4. The van der Waals surface area contributed by atoms with Gasteiger partial charge in [0.15, 0.2) is 11.0 Å². The van der Waals surface area contributed by atoms with Crippen molar-refractivity contribution in [1.29, 1.82) is 0 Å². The topological polar surface area (TPSA) is 93.2 Å². The molecule has 0 aliphatic heterocycles. The Bertz CT molecular complexity index is 1090. The van der Waals surface area contributed by atoms with Gasteiger partial charge in [-0.2, -0.15) is 0 Å². The number of amides is 1. The molecule has 0 aliphatic rings. The molecule has 2 N–H and O–H groups in total. The van der Waals surface area contributed by atoms with Gasteiger partial charge in [-0.3, -0.25) is 9.36 Å². The first-order valence-electron chi connectivity index (χ1n) is 9.37. The zero-order valence-electron chi connectivity index (χ0n) is 16.1. The van der Waals surface area contributed by atoms with E-state index in [0.717, 1.165) is 11.1 Å². The fourth-order valence-corrected chi connectivity index (χ4v) is 3.68. The van der Waals surface area contributed by atoms with Crippen LogP contribution in [-0.4, -0.2) is 31.5 Å². The van der Waals surface area contributed by atoms with Gasteiger partial charge >= 0.3 is 0 Å². The standard InChI is InChI=1S/C22H20N4O3S/c27-18-10-8-17(9-11-18)21-24-25-22(26(21)14-16-5-2-1-3-6-16)30-15-20(28)23-13-19-7-4-12-29-19/h1-12,27H,13-15H2,(H,23,28). The molecule has 4 aromatic rings. The van der Waals surface area contributed by atoms with Crippen LogP contribution in [-0.2, 0) is 17.9 Å². The third kappa shape index (κ3) is 4.90. The normalized spacial score (nSPS) is 10.8. The molecule has 4 rings (SSSR count). The number of hydrogen-bond donors (Lipinski definition) is 2. The van der Waals surface area contributed by atoms with Crippen LogP contribution in [0.4, 0.5) is 0 Å². The fraction of sp³-hybridized carbons (Fsp3) is 0.136. The number of aromatic hydroxyl groups is 1. The molecule has 2 heterocycles. The van der Waals surface area contributed by atoms with E-state index in [2.05, 4.69) is 15.5 Å². The first-order chi connectivity index (χ1) is 14.7. The number of carbonyl (C=O) groups is 1. The van der Waals surface area contributed by atoms with Gasteiger partial charge in [0, 0.05) is 5.56 Å². The first kappa shape index (κ1) is 19.8. The molecule has 0 fully saturated rings. The minimum atomic E-state index is -0.114. The van der Waals surface area contributed by atoms with Crippen molar-refractivity contribution in [2.75, 3.05) is 5.75 Å². The highest BCUT2D eigenvalue weighted by Crippen LogP contribution is 2.26. The van der Waals surface area contributed by atoms with Crippen molar-refractivity contribution in [3.63, 3.8) is 0 Å². The van der Waals surface area contributed by atoms with Crippen LogP contribution in [0.15, 0.2) is 82.6 Å². The number of nitrogens with one attached hydrogen (secondary N) is 1. The van der Waals surface area contributed by atoms with Crippen LogP contribution in [0.25, 0.3) is 11.4 Å². The Morgan fingerprint density at radius 1 is 1.03 bits per heavy atom. The number of furan rings is 1. The Morgan fingerprint density at radius 3 is 2.57 bits per heavy atom. The quantitative estimate of drug-likeness (QED) is 0.422. The van der Waals surface area contributed by atoms with Crippen molar-refractivity contribution in [1.82, 2.24) is 20.1 Å². The molecule has 0 bridgehead atoms. The monoisotopic (exact) mass is 420 g/mol. The maximum atomic E-state index is 12.2. The second kappa shape index (κ2) is 9.32. The number of carbonyl (C=O) groups excluding carboxylic acids is 1. The third-order valence-electron chi connectivity index (χ3n) is 4.40. The van der Waals surface area contributed by atoms with E-state index >= 15 is 0 Å². The highest BCUT2D eigenvalue weighted by Gasteiger charge is 2.16. The Hall–Kier alpha value is -3.52. The van der Waals surface area contributed by atoms with Crippen LogP contribution in [0.2, 0.25) is 0 Å². The van der Waals surface area contributed by atoms with E-state index in [9.17, 15) is 9.90 Å². The molecule has 0 saturated heterocycles. The summed E-state index contributed by atoms with van der Waals surface area (Å²) in [6.45, 7) is 0.919. The second-order valence-corrected chi connectivity index (χ2v) is 7.51. The van der Waals surface area contributed by atoms with Crippen LogP contribution >= 0.6 is 11.8 Å². The lowest BCUT2D eigenvalue weighted by molar-refractivity contribution is -0.118. The van der Waals surface area contributed by atoms with Crippen molar-refractivity contribution >= 4 is 17.7 Å². The summed E-state index contributed by atoms with van der Waals surface area (Å²) in [5, 5.41) is 21.7. The Labute approximate surface area is 177 Å². The summed E-state index contributed by atoms with van der Waals surface area (Å²) in [7, 11) is 0. The lowest BCUT2D eigenvalue weighted by Crippen LogP contribution is -2.24. The van der Waals surface area contributed by atoms with Gasteiger partial charge in [0.05, 0.1) is 25.1 Å². The summed E-state index contributed by atoms with van der Waals surface area (Å²) in [4.78, 5) is 12.2. The van der Waals surface area contributed by atoms with E-state index in [1.807, 2.05) is 41.0 Å². The molecule has 1 amide bonds. The van der Waals surface area contributed by atoms with Gasteiger partial charge in [-0.05, 0) is 42.0 Å². The van der Waals surface area contributed by atoms with Crippen LogP contribution in [0.1, 0.15) is 11.3 Å².